The van der Waals surface area contributed by atoms with E-state index in [1.165, 1.54) is 18.4 Å². The highest BCUT2D eigenvalue weighted by Gasteiger charge is 2.22. The number of hydrogen-bond donors (Lipinski definition) is 0. The largest absolute Gasteiger partial charge is 0.491 e. The van der Waals surface area contributed by atoms with Crippen LogP contribution in [0, 0.1) is 6.92 Å². The molecule has 0 radical (unpaired) electrons. The summed E-state index contributed by atoms with van der Waals surface area (Å²) in [6, 6.07) is 8.06. The van der Waals surface area contributed by atoms with Gasteiger partial charge in [-0.05, 0) is 19.1 Å². The van der Waals surface area contributed by atoms with E-state index in [1.807, 2.05) is 24.3 Å². The monoisotopic (exact) mass is 222 g/mol. The fourth-order valence-corrected chi connectivity index (χ4v) is 0.988. The molecule has 90 valence electrons. The van der Waals surface area contributed by atoms with Crippen LogP contribution in [0.1, 0.15) is 32.3 Å². The Kier molecular flexibility index (Phi) is 5.94. The molecule has 0 aromatic heterocycles. The summed E-state index contributed by atoms with van der Waals surface area (Å²) in [5, 5.41) is 0. The van der Waals surface area contributed by atoms with Crippen molar-refractivity contribution in [2.45, 2.75) is 39.7 Å². The highest BCUT2D eigenvalue weighted by molar-refractivity contribution is 5.26. The van der Waals surface area contributed by atoms with Crippen molar-refractivity contribution in [1.82, 2.24) is 0 Å². The van der Waals surface area contributed by atoms with Crippen LogP contribution < -0.4 is 4.74 Å². The van der Waals surface area contributed by atoms with Crippen LogP contribution in [0.5, 0.6) is 5.75 Å². The maximum Gasteiger partial charge on any atom is 0.119 e. The summed E-state index contributed by atoms with van der Waals surface area (Å²) in [5.74, 6) is 0.927. The lowest BCUT2D eigenvalue weighted by Crippen LogP contribution is -2.03. The molecule has 0 spiro atoms. The third-order valence-corrected chi connectivity index (χ3v) is 2.36. The number of epoxide rings is 1. The van der Waals surface area contributed by atoms with Crippen molar-refractivity contribution in [3.63, 3.8) is 0 Å². The minimum Gasteiger partial charge on any atom is -0.491 e. The summed E-state index contributed by atoms with van der Waals surface area (Å²) in [6.07, 6.45) is 2.98. The van der Waals surface area contributed by atoms with Gasteiger partial charge in [-0.3, -0.25) is 0 Å². The Morgan fingerprint density at radius 1 is 1.19 bits per heavy atom. The molecule has 0 bridgehead atoms. The molecule has 1 aliphatic rings. The standard InChI is InChI=1S/C10H12O2.C4H10/c1-8-2-4-9(5-3-8)11-6-10-7-12-10;1-3-4-2/h2-5,10H,6-7H2,1H3;3-4H2,1-2H3. The second kappa shape index (κ2) is 7.29. The SMILES string of the molecule is CCCC.Cc1ccc(OCC2CO2)cc1. The molecule has 2 rings (SSSR count). The number of rotatable bonds is 4. The molecule has 1 atom stereocenters. The van der Waals surface area contributed by atoms with Crippen molar-refractivity contribution in [2.24, 2.45) is 0 Å². The van der Waals surface area contributed by atoms with Crippen LogP contribution in [-0.4, -0.2) is 19.3 Å². The van der Waals surface area contributed by atoms with Crippen LogP contribution in [-0.2, 0) is 4.74 Å². The summed E-state index contributed by atoms with van der Waals surface area (Å²) >= 11 is 0. The van der Waals surface area contributed by atoms with Gasteiger partial charge in [0, 0.05) is 0 Å². The van der Waals surface area contributed by atoms with Crippen molar-refractivity contribution in [3.05, 3.63) is 29.8 Å². The molecule has 0 amide bonds. The molecule has 1 aromatic carbocycles. The normalized spacial score (nSPS) is 17.3. The Morgan fingerprint density at radius 3 is 2.19 bits per heavy atom. The maximum atomic E-state index is 5.46. The van der Waals surface area contributed by atoms with Gasteiger partial charge in [0.25, 0.3) is 0 Å². The lowest BCUT2D eigenvalue weighted by molar-refractivity contribution is 0.263. The summed E-state index contributed by atoms with van der Waals surface area (Å²) in [5.41, 5.74) is 1.25. The topological polar surface area (TPSA) is 21.8 Å². The average Bonchev–Trinajstić information content (AvgIpc) is 3.13. The highest BCUT2D eigenvalue weighted by atomic mass is 16.6. The van der Waals surface area contributed by atoms with Crippen molar-refractivity contribution < 1.29 is 9.47 Å². The Balaban J connectivity index is 0.000000280. The summed E-state index contributed by atoms with van der Waals surface area (Å²) in [6.45, 7) is 7.96. The van der Waals surface area contributed by atoms with Gasteiger partial charge in [-0.25, -0.2) is 0 Å². The third kappa shape index (κ3) is 5.76. The highest BCUT2D eigenvalue weighted by Crippen LogP contribution is 2.15. The van der Waals surface area contributed by atoms with E-state index in [1.54, 1.807) is 0 Å². The molecular weight excluding hydrogens is 200 g/mol. The lowest BCUT2D eigenvalue weighted by Gasteiger charge is -2.03. The van der Waals surface area contributed by atoms with Gasteiger partial charge in [0.2, 0.25) is 0 Å². The van der Waals surface area contributed by atoms with Crippen LogP contribution in [0.3, 0.4) is 0 Å². The zero-order valence-corrected chi connectivity index (χ0v) is 10.5. The zero-order chi connectivity index (χ0) is 11.8. The molecule has 1 unspecified atom stereocenters. The van der Waals surface area contributed by atoms with Gasteiger partial charge >= 0.3 is 0 Å². The quantitative estimate of drug-likeness (QED) is 0.726. The van der Waals surface area contributed by atoms with E-state index in [4.69, 9.17) is 9.47 Å². The van der Waals surface area contributed by atoms with E-state index in [0.29, 0.717) is 12.7 Å². The van der Waals surface area contributed by atoms with Crippen LogP contribution >= 0.6 is 0 Å². The van der Waals surface area contributed by atoms with Crippen LogP contribution in [0.15, 0.2) is 24.3 Å². The Morgan fingerprint density at radius 2 is 1.75 bits per heavy atom. The minimum absolute atomic E-state index is 0.339. The van der Waals surface area contributed by atoms with Crippen molar-refractivity contribution in [1.29, 1.82) is 0 Å². The van der Waals surface area contributed by atoms with Crippen LogP contribution in [0.25, 0.3) is 0 Å². The average molecular weight is 222 g/mol. The van der Waals surface area contributed by atoms with E-state index in [2.05, 4.69) is 20.8 Å². The van der Waals surface area contributed by atoms with Gasteiger partial charge in [-0.1, -0.05) is 44.4 Å². The van der Waals surface area contributed by atoms with Gasteiger partial charge in [0.05, 0.1) is 6.61 Å². The predicted molar refractivity (Wildman–Crippen MR) is 67.0 cm³/mol. The molecule has 1 fully saturated rings. The second-order valence-corrected chi connectivity index (χ2v) is 4.08. The van der Waals surface area contributed by atoms with E-state index < -0.39 is 0 Å². The first-order valence-electron chi connectivity index (χ1n) is 6.07. The molecule has 1 aliphatic heterocycles. The van der Waals surface area contributed by atoms with Crippen molar-refractivity contribution >= 4 is 0 Å². The molecule has 0 aliphatic carbocycles. The molecule has 2 heteroatoms. The van der Waals surface area contributed by atoms with E-state index in [0.717, 1.165) is 12.4 Å². The first-order valence-corrected chi connectivity index (χ1v) is 6.07. The fraction of sp³-hybridized carbons (Fsp3) is 0.571. The lowest BCUT2D eigenvalue weighted by atomic mass is 10.2. The van der Waals surface area contributed by atoms with Crippen molar-refractivity contribution in [2.75, 3.05) is 13.2 Å². The molecule has 16 heavy (non-hydrogen) atoms. The number of ether oxygens (including phenoxy) is 2. The number of aryl methyl sites for hydroxylation is 1. The van der Waals surface area contributed by atoms with Crippen molar-refractivity contribution in [3.8, 4) is 5.75 Å². The second-order valence-electron chi connectivity index (χ2n) is 4.08. The first kappa shape index (κ1) is 13.0. The van der Waals surface area contributed by atoms with Gasteiger partial charge < -0.3 is 9.47 Å². The summed E-state index contributed by atoms with van der Waals surface area (Å²) in [4.78, 5) is 0. The molecule has 1 saturated heterocycles. The Labute approximate surface area is 98.6 Å². The van der Waals surface area contributed by atoms with Gasteiger partial charge in [-0.2, -0.15) is 0 Å². The zero-order valence-electron chi connectivity index (χ0n) is 10.5. The smallest absolute Gasteiger partial charge is 0.119 e. The molecule has 0 saturated carbocycles. The van der Waals surface area contributed by atoms with Gasteiger partial charge in [0.1, 0.15) is 18.5 Å². The summed E-state index contributed by atoms with van der Waals surface area (Å²) in [7, 11) is 0. The Hall–Kier alpha value is -1.02. The van der Waals surface area contributed by atoms with Gasteiger partial charge in [0.15, 0.2) is 0 Å². The molecule has 1 aromatic rings. The number of hydrogen-bond acceptors (Lipinski definition) is 2. The van der Waals surface area contributed by atoms with E-state index in [-0.39, 0.29) is 0 Å². The number of benzene rings is 1. The summed E-state index contributed by atoms with van der Waals surface area (Å²) < 4.78 is 10.5. The van der Waals surface area contributed by atoms with E-state index >= 15 is 0 Å². The third-order valence-electron chi connectivity index (χ3n) is 2.36. The molecular formula is C14H22O2. The molecule has 1 heterocycles. The van der Waals surface area contributed by atoms with E-state index in [9.17, 15) is 0 Å². The molecule has 0 N–H and O–H groups in total. The fourth-order valence-electron chi connectivity index (χ4n) is 0.988. The number of unbranched alkanes of at least 4 members (excludes halogenated alkanes) is 1. The van der Waals surface area contributed by atoms with Gasteiger partial charge in [-0.15, -0.1) is 0 Å². The molecule has 2 nitrogen and oxygen atoms in total. The minimum atomic E-state index is 0.339. The van der Waals surface area contributed by atoms with Crippen LogP contribution in [0.4, 0.5) is 0 Å². The predicted octanol–water partition coefficient (Wildman–Crippen LogP) is 3.58. The first-order chi connectivity index (χ1) is 7.76. The Bertz CT molecular complexity index is 273. The van der Waals surface area contributed by atoms with Crippen LogP contribution in [0.2, 0.25) is 0 Å². The maximum absolute atomic E-state index is 5.46.